The van der Waals surface area contributed by atoms with Gasteiger partial charge in [0.2, 0.25) is 5.91 Å². The molecule has 1 aliphatic rings. The van der Waals surface area contributed by atoms with E-state index in [1.165, 1.54) is 13.5 Å². The van der Waals surface area contributed by atoms with E-state index in [0.717, 1.165) is 26.0 Å². The van der Waals surface area contributed by atoms with Crippen molar-refractivity contribution >= 4 is 11.6 Å². The Hall–Kier alpha value is -1.40. The molecule has 1 aromatic heterocycles. The molecule has 0 saturated carbocycles. The van der Waals surface area contributed by atoms with Crippen LogP contribution in [-0.2, 0) is 20.8 Å². The highest BCUT2D eigenvalue weighted by molar-refractivity contribution is 5.91. The molecule has 1 unspecified atom stereocenters. The minimum Gasteiger partial charge on any atom is -0.376 e. The molecule has 2 heterocycles. The van der Waals surface area contributed by atoms with Gasteiger partial charge in [0.25, 0.3) is 0 Å². The Kier molecular flexibility index (Phi) is 4.72. The van der Waals surface area contributed by atoms with E-state index in [9.17, 15) is 4.79 Å². The lowest BCUT2D eigenvalue weighted by Gasteiger charge is -2.22. The summed E-state index contributed by atoms with van der Waals surface area (Å²) in [6.45, 7) is 1.63. The monoisotopic (exact) mass is 253 g/mol. The quantitative estimate of drug-likeness (QED) is 0.851. The summed E-state index contributed by atoms with van der Waals surface area (Å²) in [6, 6.07) is 0. The maximum atomic E-state index is 11.3. The van der Waals surface area contributed by atoms with Crippen LogP contribution in [0.1, 0.15) is 19.3 Å². The molecule has 0 aliphatic carbocycles. The summed E-state index contributed by atoms with van der Waals surface area (Å²) in [5.41, 5.74) is 0.688. The van der Waals surface area contributed by atoms with E-state index in [-0.39, 0.29) is 18.6 Å². The SMILES string of the molecule is COCC(=O)Nc1cnn(CC2CCCCO2)c1. The Morgan fingerprint density at radius 3 is 3.28 bits per heavy atom. The molecule has 2 rings (SSSR count). The fourth-order valence-corrected chi connectivity index (χ4v) is 2.02. The van der Waals surface area contributed by atoms with Gasteiger partial charge in [-0.05, 0) is 19.3 Å². The summed E-state index contributed by atoms with van der Waals surface area (Å²) >= 11 is 0. The van der Waals surface area contributed by atoms with E-state index in [1.807, 2.05) is 6.20 Å². The molecule has 1 fully saturated rings. The number of rotatable bonds is 5. The first-order valence-corrected chi connectivity index (χ1v) is 6.21. The first-order valence-electron chi connectivity index (χ1n) is 6.21. The molecular formula is C12H19N3O3. The molecule has 1 aliphatic heterocycles. The van der Waals surface area contributed by atoms with E-state index in [1.54, 1.807) is 10.9 Å². The zero-order valence-corrected chi connectivity index (χ0v) is 10.6. The summed E-state index contributed by atoms with van der Waals surface area (Å²) in [5, 5.41) is 6.92. The first-order chi connectivity index (χ1) is 8.78. The molecule has 0 aromatic carbocycles. The van der Waals surface area contributed by atoms with Crippen LogP contribution in [-0.4, -0.2) is 42.1 Å². The number of hydrogen-bond donors (Lipinski definition) is 1. The second-order valence-electron chi connectivity index (χ2n) is 4.42. The Labute approximate surface area is 106 Å². The molecule has 1 N–H and O–H groups in total. The lowest BCUT2D eigenvalue weighted by Crippen LogP contribution is -2.24. The largest absolute Gasteiger partial charge is 0.376 e. The van der Waals surface area contributed by atoms with Crippen LogP contribution in [0.25, 0.3) is 0 Å². The topological polar surface area (TPSA) is 65.4 Å². The van der Waals surface area contributed by atoms with Gasteiger partial charge in [-0.3, -0.25) is 9.48 Å². The number of carbonyl (C=O) groups excluding carboxylic acids is 1. The van der Waals surface area contributed by atoms with Gasteiger partial charge in [-0.1, -0.05) is 0 Å². The fourth-order valence-electron chi connectivity index (χ4n) is 2.02. The van der Waals surface area contributed by atoms with Gasteiger partial charge in [0, 0.05) is 19.9 Å². The maximum absolute atomic E-state index is 11.3. The molecule has 100 valence electrons. The van der Waals surface area contributed by atoms with Gasteiger partial charge in [-0.15, -0.1) is 0 Å². The average Bonchev–Trinajstić information content (AvgIpc) is 2.78. The van der Waals surface area contributed by atoms with Crippen LogP contribution in [0.3, 0.4) is 0 Å². The second-order valence-corrected chi connectivity index (χ2v) is 4.42. The highest BCUT2D eigenvalue weighted by Gasteiger charge is 2.15. The van der Waals surface area contributed by atoms with E-state index in [2.05, 4.69) is 10.4 Å². The van der Waals surface area contributed by atoms with Gasteiger partial charge in [-0.2, -0.15) is 5.10 Å². The van der Waals surface area contributed by atoms with E-state index in [4.69, 9.17) is 9.47 Å². The third-order valence-electron chi connectivity index (χ3n) is 2.86. The number of nitrogens with zero attached hydrogens (tertiary/aromatic N) is 2. The summed E-state index contributed by atoms with van der Waals surface area (Å²) < 4.78 is 12.2. The van der Waals surface area contributed by atoms with E-state index >= 15 is 0 Å². The van der Waals surface area contributed by atoms with Gasteiger partial charge in [0.15, 0.2) is 0 Å². The standard InChI is InChI=1S/C12H19N3O3/c1-17-9-12(16)14-10-6-13-15(7-10)8-11-4-2-3-5-18-11/h6-7,11H,2-5,8-9H2,1H3,(H,14,16). The number of carbonyl (C=O) groups is 1. The number of aromatic nitrogens is 2. The first kappa shape index (κ1) is 13.0. The minimum atomic E-state index is -0.175. The number of ether oxygens (including phenoxy) is 2. The molecule has 6 nitrogen and oxygen atoms in total. The molecule has 1 atom stereocenters. The van der Waals surface area contributed by atoms with Gasteiger partial charge < -0.3 is 14.8 Å². The summed E-state index contributed by atoms with van der Waals surface area (Å²) in [7, 11) is 1.49. The number of anilines is 1. The number of amides is 1. The molecule has 1 amide bonds. The summed E-state index contributed by atoms with van der Waals surface area (Å²) in [4.78, 5) is 11.3. The third-order valence-corrected chi connectivity index (χ3v) is 2.86. The number of nitrogens with one attached hydrogen (secondary N) is 1. The molecule has 0 bridgehead atoms. The Balaban J connectivity index is 1.83. The molecule has 1 aromatic rings. The van der Waals surface area contributed by atoms with Crippen molar-refractivity contribution in [3.8, 4) is 0 Å². The lowest BCUT2D eigenvalue weighted by atomic mass is 10.1. The van der Waals surface area contributed by atoms with Crippen molar-refractivity contribution in [3.63, 3.8) is 0 Å². The maximum Gasteiger partial charge on any atom is 0.250 e. The Bertz CT molecular complexity index is 386. The summed E-state index contributed by atoms with van der Waals surface area (Å²) in [5.74, 6) is -0.175. The van der Waals surface area contributed by atoms with Crippen LogP contribution in [0.2, 0.25) is 0 Å². The molecule has 1 saturated heterocycles. The van der Waals surface area contributed by atoms with E-state index in [0.29, 0.717) is 5.69 Å². The lowest BCUT2D eigenvalue weighted by molar-refractivity contribution is -0.119. The zero-order chi connectivity index (χ0) is 12.8. The van der Waals surface area contributed by atoms with Crippen molar-refractivity contribution in [1.29, 1.82) is 0 Å². The van der Waals surface area contributed by atoms with Crippen LogP contribution >= 0.6 is 0 Å². The van der Waals surface area contributed by atoms with Gasteiger partial charge in [0.1, 0.15) is 6.61 Å². The van der Waals surface area contributed by atoms with Crippen molar-refractivity contribution in [2.24, 2.45) is 0 Å². The smallest absolute Gasteiger partial charge is 0.250 e. The normalized spacial score (nSPS) is 19.7. The highest BCUT2D eigenvalue weighted by atomic mass is 16.5. The Morgan fingerprint density at radius 1 is 1.67 bits per heavy atom. The highest BCUT2D eigenvalue weighted by Crippen LogP contribution is 2.15. The van der Waals surface area contributed by atoms with Crippen LogP contribution in [0.15, 0.2) is 12.4 Å². The fraction of sp³-hybridized carbons (Fsp3) is 0.667. The third kappa shape index (κ3) is 3.82. The minimum absolute atomic E-state index is 0.0525. The van der Waals surface area contributed by atoms with Crippen LogP contribution in [0.4, 0.5) is 5.69 Å². The molecule has 6 heteroatoms. The van der Waals surface area contributed by atoms with Crippen LogP contribution < -0.4 is 5.32 Å². The average molecular weight is 253 g/mol. The van der Waals surface area contributed by atoms with E-state index < -0.39 is 0 Å². The van der Waals surface area contributed by atoms with Crippen LogP contribution in [0, 0.1) is 0 Å². The zero-order valence-electron chi connectivity index (χ0n) is 10.6. The van der Waals surface area contributed by atoms with Gasteiger partial charge >= 0.3 is 0 Å². The Morgan fingerprint density at radius 2 is 2.56 bits per heavy atom. The van der Waals surface area contributed by atoms with Gasteiger partial charge in [-0.25, -0.2) is 0 Å². The predicted molar refractivity (Wildman–Crippen MR) is 66.3 cm³/mol. The number of methoxy groups -OCH3 is 1. The molecule has 0 spiro atoms. The summed E-state index contributed by atoms with van der Waals surface area (Å²) in [6.07, 6.45) is 7.12. The van der Waals surface area contributed by atoms with Gasteiger partial charge in [0.05, 0.1) is 24.5 Å². The molecular weight excluding hydrogens is 234 g/mol. The van der Waals surface area contributed by atoms with Crippen molar-refractivity contribution < 1.29 is 14.3 Å². The predicted octanol–water partition coefficient (Wildman–Crippen LogP) is 1.04. The second kappa shape index (κ2) is 6.51. The van der Waals surface area contributed by atoms with Crippen molar-refractivity contribution in [2.45, 2.75) is 31.9 Å². The molecule has 18 heavy (non-hydrogen) atoms. The van der Waals surface area contributed by atoms with Crippen molar-refractivity contribution in [1.82, 2.24) is 9.78 Å². The number of hydrogen-bond acceptors (Lipinski definition) is 4. The van der Waals surface area contributed by atoms with Crippen molar-refractivity contribution in [2.75, 3.05) is 25.6 Å². The van der Waals surface area contributed by atoms with Crippen molar-refractivity contribution in [3.05, 3.63) is 12.4 Å². The van der Waals surface area contributed by atoms with Crippen LogP contribution in [0.5, 0.6) is 0 Å². The molecule has 0 radical (unpaired) electrons.